The predicted octanol–water partition coefficient (Wildman–Crippen LogP) is 0.899. The molecule has 0 saturated heterocycles. The van der Waals surface area contributed by atoms with Crippen molar-refractivity contribution >= 4 is 23.4 Å². The number of hydrogen-bond acceptors (Lipinski definition) is 7. The molecule has 158 valence electrons. The topological polar surface area (TPSA) is 115 Å². The van der Waals surface area contributed by atoms with Crippen LogP contribution in [-0.4, -0.2) is 52.2 Å². The van der Waals surface area contributed by atoms with Crippen LogP contribution in [0.3, 0.4) is 0 Å². The van der Waals surface area contributed by atoms with Crippen molar-refractivity contribution < 1.29 is 33.3 Å². The van der Waals surface area contributed by atoms with Crippen LogP contribution in [0, 0.1) is 0 Å². The van der Waals surface area contributed by atoms with Crippen molar-refractivity contribution in [2.45, 2.75) is 0 Å². The highest BCUT2D eigenvalue weighted by molar-refractivity contribution is 6.03. The molecule has 0 fully saturated rings. The molecule has 30 heavy (non-hydrogen) atoms. The Bertz CT molecular complexity index is 977. The van der Waals surface area contributed by atoms with E-state index in [1.165, 1.54) is 38.4 Å². The number of fused-ring (bicyclic) bond motifs is 1. The highest BCUT2D eigenvalue weighted by Gasteiger charge is 2.27. The molecule has 2 aromatic carbocycles. The maximum Gasteiger partial charge on any atom is 0.273 e. The zero-order chi connectivity index (χ0) is 21.7. The van der Waals surface area contributed by atoms with Crippen molar-refractivity contribution in [3.8, 4) is 23.0 Å². The maximum atomic E-state index is 12.5. The number of anilines is 1. The largest absolute Gasteiger partial charge is 0.496 e. The predicted molar refractivity (Wildman–Crippen MR) is 106 cm³/mol. The van der Waals surface area contributed by atoms with E-state index >= 15 is 0 Å². The van der Waals surface area contributed by atoms with Crippen molar-refractivity contribution in [3.63, 3.8) is 0 Å². The van der Waals surface area contributed by atoms with Gasteiger partial charge < -0.3 is 18.9 Å². The van der Waals surface area contributed by atoms with Gasteiger partial charge in [0, 0.05) is 12.1 Å². The van der Waals surface area contributed by atoms with Crippen LogP contribution in [0.5, 0.6) is 23.0 Å². The number of nitrogens with one attached hydrogen (secondary N) is 2. The van der Waals surface area contributed by atoms with Crippen molar-refractivity contribution in [2.75, 3.05) is 39.4 Å². The lowest BCUT2D eigenvalue weighted by atomic mass is 10.1. The van der Waals surface area contributed by atoms with Crippen LogP contribution >= 0.6 is 0 Å². The Morgan fingerprint density at radius 3 is 2.37 bits per heavy atom. The van der Waals surface area contributed by atoms with Gasteiger partial charge in [0.15, 0.2) is 18.1 Å². The molecule has 0 aliphatic carbocycles. The molecular formula is C20H21N3O7. The molecule has 0 spiro atoms. The van der Waals surface area contributed by atoms with E-state index in [9.17, 15) is 14.4 Å². The second-order valence-electron chi connectivity index (χ2n) is 6.15. The number of methoxy groups -OCH3 is 3. The number of carbonyl (C=O) groups excluding carboxylic acids is 3. The second-order valence-corrected chi connectivity index (χ2v) is 6.15. The van der Waals surface area contributed by atoms with Crippen LogP contribution < -0.4 is 34.7 Å². The molecule has 1 aliphatic heterocycles. The first-order chi connectivity index (χ1) is 14.5. The van der Waals surface area contributed by atoms with Gasteiger partial charge in [0.2, 0.25) is 0 Å². The van der Waals surface area contributed by atoms with E-state index in [2.05, 4.69) is 10.9 Å². The van der Waals surface area contributed by atoms with Gasteiger partial charge in [-0.3, -0.25) is 30.1 Å². The Labute approximate surface area is 172 Å². The summed E-state index contributed by atoms with van der Waals surface area (Å²) in [6.07, 6.45) is 0. The number of ether oxygens (including phenoxy) is 4. The van der Waals surface area contributed by atoms with Gasteiger partial charge in [0.05, 0.1) is 32.6 Å². The van der Waals surface area contributed by atoms with Crippen LogP contribution in [0.25, 0.3) is 0 Å². The molecule has 3 amide bonds. The first kappa shape index (κ1) is 20.8. The van der Waals surface area contributed by atoms with E-state index in [0.717, 1.165) is 0 Å². The van der Waals surface area contributed by atoms with E-state index in [4.69, 9.17) is 18.9 Å². The number of benzene rings is 2. The lowest BCUT2D eigenvalue weighted by Gasteiger charge is -2.28. The highest BCUT2D eigenvalue weighted by atomic mass is 16.5. The molecule has 1 aliphatic rings. The molecule has 0 atom stereocenters. The normalized spacial score (nSPS) is 12.4. The molecule has 3 rings (SSSR count). The molecule has 2 aromatic rings. The zero-order valence-corrected chi connectivity index (χ0v) is 16.7. The van der Waals surface area contributed by atoms with Gasteiger partial charge in [0.25, 0.3) is 17.7 Å². The van der Waals surface area contributed by atoms with Crippen LogP contribution in [0.4, 0.5) is 5.69 Å². The maximum absolute atomic E-state index is 12.5. The number of carbonyl (C=O) groups is 3. The van der Waals surface area contributed by atoms with Crippen LogP contribution in [0.15, 0.2) is 36.4 Å². The summed E-state index contributed by atoms with van der Waals surface area (Å²) in [5.41, 5.74) is 5.21. The van der Waals surface area contributed by atoms with Gasteiger partial charge in [-0.25, -0.2) is 0 Å². The second kappa shape index (κ2) is 9.03. The lowest BCUT2D eigenvalue weighted by molar-refractivity contribution is -0.125. The van der Waals surface area contributed by atoms with Gasteiger partial charge >= 0.3 is 0 Å². The fourth-order valence-electron chi connectivity index (χ4n) is 2.91. The van der Waals surface area contributed by atoms with Crippen LogP contribution in [0.2, 0.25) is 0 Å². The molecule has 0 aromatic heterocycles. The Balaban J connectivity index is 1.68. The first-order valence-corrected chi connectivity index (χ1v) is 8.89. The van der Waals surface area contributed by atoms with Gasteiger partial charge in [-0.05, 0) is 12.1 Å². The summed E-state index contributed by atoms with van der Waals surface area (Å²) >= 11 is 0. The molecule has 2 N–H and O–H groups in total. The number of nitrogens with zero attached hydrogens (tertiary/aromatic N) is 1. The summed E-state index contributed by atoms with van der Waals surface area (Å²) in [5.74, 6) is -0.134. The van der Waals surface area contributed by atoms with E-state index in [1.54, 1.807) is 24.3 Å². The molecule has 0 saturated carbocycles. The number of hydrogen-bond donors (Lipinski definition) is 2. The minimum atomic E-state index is -0.630. The Kier molecular flexibility index (Phi) is 6.26. The van der Waals surface area contributed by atoms with Gasteiger partial charge in [-0.15, -0.1) is 0 Å². The molecule has 0 radical (unpaired) electrons. The molecule has 0 bridgehead atoms. The fraction of sp³-hybridized carbons (Fsp3) is 0.250. The smallest absolute Gasteiger partial charge is 0.273 e. The van der Waals surface area contributed by atoms with E-state index in [1.807, 2.05) is 0 Å². The third kappa shape index (κ3) is 4.22. The number of amides is 3. The van der Waals surface area contributed by atoms with Crippen molar-refractivity contribution in [1.29, 1.82) is 0 Å². The van der Waals surface area contributed by atoms with E-state index in [-0.39, 0.29) is 30.4 Å². The third-order valence-corrected chi connectivity index (χ3v) is 4.38. The lowest BCUT2D eigenvalue weighted by Crippen LogP contribution is -2.49. The monoisotopic (exact) mass is 415 g/mol. The Morgan fingerprint density at radius 1 is 1.00 bits per heavy atom. The molecular weight excluding hydrogens is 394 g/mol. The SMILES string of the molecule is COc1cc(OC)c(C(=O)NNC(=O)CN2C(=O)COc3ccccc32)cc1OC. The summed E-state index contributed by atoms with van der Waals surface area (Å²) in [6.45, 7) is -0.456. The summed E-state index contributed by atoms with van der Waals surface area (Å²) in [5, 5.41) is 0. The molecule has 10 heteroatoms. The summed E-state index contributed by atoms with van der Waals surface area (Å²) in [6, 6.07) is 9.81. The molecule has 0 unspecified atom stereocenters. The summed E-state index contributed by atoms with van der Waals surface area (Å²) < 4.78 is 20.9. The number of rotatable bonds is 6. The quantitative estimate of drug-likeness (QED) is 0.674. The average molecular weight is 415 g/mol. The van der Waals surface area contributed by atoms with E-state index < -0.39 is 11.8 Å². The first-order valence-electron chi connectivity index (χ1n) is 8.89. The zero-order valence-electron chi connectivity index (χ0n) is 16.7. The van der Waals surface area contributed by atoms with E-state index in [0.29, 0.717) is 22.9 Å². The fourth-order valence-corrected chi connectivity index (χ4v) is 2.91. The van der Waals surface area contributed by atoms with Gasteiger partial charge in [0.1, 0.15) is 18.0 Å². The third-order valence-electron chi connectivity index (χ3n) is 4.38. The van der Waals surface area contributed by atoms with Crippen molar-refractivity contribution in [2.24, 2.45) is 0 Å². The van der Waals surface area contributed by atoms with Crippen LogP contribution in [-0.2, 0) is 9.59 Å². The standard InChI is InChI=1S/C20H21N3O7/c1-27-15-9-17(29-3)16(28-2)8-12(15)20(26)22-21-18(24)10-23-13-6-4-5-7-14(13)30-11-19(23)25/h4-9H,10-11H2,1-3H3,(H,21,24)(H,22,26). The minimum absolute atomic E-state index is 0.128. The van der Waals surface area contributed by atoms with Crippen LogP contribution in [0.1, 0.15) is 10.4 Å². The van der Waals surface area contributed by atoms with Crippen molar-refractivity contribution in [3.05, 3.63) is 42.0 Å². The Hall–Kier alpha value is -3.95. The minimum Gasteiger partial charge on any atom is -0.496 e. The molecule has 1 heterocycles. The Morgan fingerprint density at radius 2 is 1.67 bits per heavy atom. The summed E-state index contributed by atoms with van der Waals surface area (Å²) in [7, 11) is 4.30. The van der Waals surface area contributed by atoms with Crippen molar-refractivity contribution in [1.82, 2.24) is 10.9 Å². The molecule has 10 nitrogen and oxygen atoms in total. The number of para-hydroxylation sites is 2. The number of hydrazine groups is 1. The average Bonchev–Trinajstić information content (AvgIpc) is 2.78. The highest BCUT2D eigenvalue weighted by Crippen LogP contribution is 2.34. The van der Waals surface area contributed by atoms with Gasteiger partial charge in [-0.1, -0.05) is 12.1 Å². The van der Waals surface area contributed by atoms with Gasteiger partial charge in [-0.2, -0.15) is 0 Å². The summed E-state index contributed by atoms with van der Waals surface area (Å²) in [4.78, 5) is 38.3.